The molecule has 2 aromatic rings. The molecule has 2 aromatic carbocycles. The van der Waals surface area contributed by atoms with E-state index >= 15 is 0 Å². The van der Waals surface area contributed by atoms with E-state index in [0.717, 1.165) is 17.6 Å². The number of fused-ring (bicyclic) bond motifs is 3. The second kappa shape index (κ2) is 5.45. The first-order chi connectivity index (χ1) is 12.0. The third-order valence-electron chi connectivity index (χ3n) is 5.12. The van der Waals surface area contributed by atoms with Crippen molar-refractivity contribution in [2.45, 2.75) is 12.8 Å². The van der Waals surface area contributed by atoms with Crippen molar-refractivity contribution in [2.24, 2.45) is 5.41 Å². The Morgan fingerprint density at radius 1 is 0.880 bits per heavy atom. The Morgan fingerprint density at radius 3 is 2.24 bits per heavy atom. The SMILES string of the molecule is O=C(O)C1(C(=O)O)C=CC(c2cccc3c2Cc2ccccc2-3)=CC1. The second-order valence-corrected chi connectivity index (χ2v) is 6.44. The minimum absolute atomic E-state index is 0.0554. The highest BCUT2D eigenvalue weighted by Gasteiger charge is 2.44. The van der Waals surface area contributed by atoms with Crippen LogP contribution in [0.25, 0.3) is 16.7 Å². The van der Waals surface area contributed by atoms with Gasteiger partial charge >= 0.3 is 11.9 Å². The summed E-state index contributed by atoms with van der Waals surface area (Å²) in [6, 6.07) is 14.4. The highest BCUT2D eigenvalue weighted by Crippen LogP contribution is 2.42. The monoisotopic (exact) mass is 332 g/mol. The summed E-state index contributed by atoms with van der Waals surface area (Å²) < 4.78 is 0. The topological polar surface area (TPSA) is 74.6 Å². The van der Waals surface area contributed by atoms with Gasteiger partial charge in [0.2, 0.25) is 0 Å². The van der Waals surface area contributed by atoms with Crippen molar-refractivity contribution in [3.63, 3.8) is 0 Å². The third kappa shape index (κ3) is 2.22. The fourth-order valence-electron chi connectivity index (χ4n) is 3.68. The zero-order valence-electron chi connectivity index (χ0n) is 13.4. The quantitative estimate of drug-likeness (QED) is 0.716. The number of carboxylic acids is 2. The molecular weight excluding hydrogens is 316 g/mol. The largest absolute Gasteiger partial charge is 0.480 e. The number of carboxylic acid groups (broad SMARTS) is 2. The van der Waals surface area contributed by atoms with E-state index in [9.17, 15) is 19.8 Å². The molecule has 0 saturated heterocycles. The van der Waals surface area contributed by atoms with Gasteiger partial charge in [-0.3, -0.25) is 9.59 Å². The molecular formula is C21H16O4. The maximum atomic E-state index is 11.4. The number of hydrogen-bond acceptors (Lipinski definition) is 2. The van der Waals surface area contributed by atoms with Gasteiger partial charge in [0.05, 0.1) is 0 Å². The van der Waals surface area contributed by atoms with Crippen molar-refractivity contribution in [3.8, 4) is 11.1 Å². The summed E-state index contributed by atoms with van der Waals surface area (Å²) in [4.78, 5) is 22.9. The van der Waals surface area contributed by atoms with Crippen LogP contribution in [0.4, 0.5) is 0 Å². The lowest BCUT2D eigenvalue weighted by atomic mass is 9.78. The van der Waals surface area contributed by atoms with Crippen molar-refractivity contribution < 1.29 is 19.8 Å². The Morgan fingerprint density at radius 2 is 1.56 bits per heavy atom. The number of aliphatic carboxylic acids is 2. The van der Waals surface area contributed by atoms with Crippen LogP contribution >= 0.6 is 0 Å². The van der Waals surface area contributed by atoms with Crippen molar-refractivity contribution in [1.29, 1.82) is 0 Å². The van der Waals surface area contributed by atoms with E-state index in [2.05, 4.69) is 18.2 Å². The zero-order chi connectivity index (χ0) is 17.6. The molecule has 2 aliphatic carbocycles. The third-order valence-corrected chi connectivity index (χ3v) is 5.12. The lowest BCUT2D eigenvalue weighted by Crippen LogP contribution is -2.38. The average Bonchev–Trinajstić information content (AvgIpc) is 3.00. The highest BCUT2D eigenvalue weighted by atomic mass is 16.4. The van der Waals surface area contributed by atoms with E-state index in [1.165, 1.54) is 28.3 Å². The van der Waals surface area contributed by atoms with Crippen LogP contribution in [0.2, 0.25) is 0 Å². The number of hydrogen-bond donors (Lipinski definition) is 2. The van der Waals surface area contributed by atoms with Gasteiger partial charge in [-0.25, -0.2) is 0 Å². The van der Waals surface area contributed by atoms with Gasteiger partial charge in [-0.2, -0.15) is 0 Å². The van der Waals surface area contributed by atoms with Crippen LogP contribution in [0.5, 0.6) is 0 Å². The minimum Gasteiger partial charge on any atom is -0.480 e. The van der Waals surface area contributed by atoms with Crippen LogP contribution < -0.4 is 0 Å². The molecule has 4 nitrogen and oxygen atoms in total. The van der Waals surface area contributed by atoms with Gasteiger partial charge in [0, 0.05) is 0 Å². The standard InChI is InChI=1S/C21H16O4/c22-19(23)21(20(24)25)10-8-13(9-11-21)15-6-3-7-17-16-5-2-1-4-14(16)12-18(15)17/h1-10H,11-12H2,(H,22,23)(H,24,25). The summed E-state index contributed by atoms with van der Waals surface area (Å²) in [6.45, 7) is 0. The van der Waals surface area contributed by atoms with Crippen LogP contribution in [0.1, 0.15) is 23.1 Å². The molecule has 25 heavy (non-hydrogen) atoms. The number of rotatable bonds is 3. The van der Waals surface area contributed by atoms with Crippen LogP contribution in [-0.2, 0) is 16.0 Å². The fraction of sp³-hybridized carbons (Fsp3) is 0.143. The molecule has 0 aliphatic heterocycles. The van der Waals surface area contributed by atoms with Crippen molar-refractivity contribution >= 4 is 17.5 Å². The van der Waals surface area contributed by atoms with Crippen LogP contribution in [0.3, 0.4) is 0 Å². The van der Waals surface area contributed by atoms with Crippen LogP contribution in [0.15, 0.2) is 60.7 Å². The average molecular weight is 332 g/mol. The molecule has 0 heterocycles. The summed E-state index contributed by atoms with van der Waals surface area (Å²) in [5.41, 5.74) is 4.94. The van der Waals surface area contributed by atoms with Gasteiger partial charge in [-0.05, 0) is 46.2 Å². The van der Waals surface area contributed by atoms with Crippen LogP contribution in [-0.4, -0.2) is 22.2 Å². The lowest BCUT2D eigenvalue weighted by molar-refractivity contribution is -0.160. The van der Waals surface area contributed by atoms with E-state index in [-0.39, 0.29) is 6.42 Å². The van der Waals surface area contributed by atoms with Gasteiger partial charge in [-0.1, -0.05) is 60.7 Å². The molecule has 0 saturated carbocycles. The fourth-order valence-corrected chi connectivity index (χ4v) is 3.68. The summed E-state index contributed by atoms with van der Waals surface area (Å²) in [6.07, 6.45) is 5.43. The number of carbonyl (C=O) groups is 2. The van der Waals surface area contributed by atoms with Crippen molar-refractivity contribution in [1.82, 2.24) is 0 Å². The Labute approximate surface area is 144 Å². The second-order valence-electron chi connectivity index (χ2n) is 6.44. The predicted molar refractivity (Wildman–Crippen MR) is 94.1 cm³/mol. The first-order valence-electron chi connectivity index (χ1n) is 8.10. The Balaban J connectivity index is 1.75. The van der Waals surface area contributed by atoms with E-state index < -0.39 is 17.4 Å². The van der Waals surface area contributed by atoms with E-state index in [4.69, 9.17) is 0 Å². The normalized spacial score (nSPS) is 16.7. The van der Waals surface area contributed by atoms with Gasteiger partial charge < -0.3 is 10.2 Å². The molecule has 0 bridgehead atoms. The van der Waals surface area contributed by atoms with Gasteiger partial charge in [0.1, 0.15) is 0 Å². The maximum Gasteiger partial charge on any atom is 0.325 e. The first kappa shape index (κ1) is 15.4. The van der Waals surface area contributed by atoms with E-state index in [1.807, 2.05) is 24.3 Å². The Bertz CT molecular complexity index is 952. The summed E-state index contributed by atoms with van der Waals surface area (Å²) >= 11 is 0. The number of benzene rings is 2. The molecule has 4 heteroatoms. The highest BCUT2D eigenvalue weighted by molar-refractivity contribution is 6.02. The van der Waals surface area contributed by atoms with Crippen molar-refractivity contribution in [2.75, 3.05) is 0 Å². The van der Waals surface area contributed by atoms with Gasteiger partial charge in [-0.15, -0.1) is 0 Å². The molecule has 124 valence electrons. The summed E-state index contributed by atoms with van der Waals surface area (Å²) in [5.74, 6) is -2.67. The zero-order valence-corrected chi connectivity index (χ0v) is 13.4. The summed E-state index contributed by atoms with van der Waals surface area (Å²) in [5, 5.41) is 18.7. The molecule has 0 spiro atoms. The Hall–Kier alpha value is -3.14. The lowest BCUT2D eigenvalue weighted by Gasteiger charge is -2.24. The van der Waals surface area contributed by atoms with Gasteiger partial charge in [0.25, 0.3) is 0 Å². The molecule has 4 rings (SSSR count). The molecule has 2 N–H and O–H groups in total. The predicted octanol–water partition coefficient (Wildman–Crippen LogP) is 3.76. The molecule has 0 fully saturated rings. The molecule has 2 aliphatic rings. The molecule has 0 amide bonds. The van der Waals surface area contributed by atoms with Crippen LogP contribution in [0, 0.1) is 5.41 Å². The molecule has 0 unspecified atom stereocenters. The molecule has 0 aromatic heterocycles. The molecule has 0 radical (unpaired) electrons. The minimum atomic E-state index is -1.87. The maximum absolute atomic E-state index is 11.4. The number of allylic oxidation sites excluding steroid dienone is 3. The Kier molecular flexibility index (Phi) is 3.35. The van der Waals surface area contributed by atoms with Gasteiger partial charge in [0.15, 0.2) is 5.41 Å². The smallest absolute Gasteiger partial charge is 0.325 e. The van der Waals surface area contributed by atoms with E-state index in [0.29, 0.717) is 0 Å². The van der Waals surface area contributed by atoms with Crippen molar-refractivity contribution in [3.05, 3.63) is 77.4 Å². The molecule has 0 atom stereocenters. The first-order valence-corrected chi connectivity index (χ1v) is 8.10. The van der Waals surface area contributed by atoms with E-state index in [1.54, 1.807) is 12.2 Å². The summed E-state index contributed by atoms with van der Waals surface area (Å²) in [7, 11) is 0.